The normalized spacial score (nSPS) is 11.1. The third-order valence-electron chi connectivity index (χ3n) is 0.671. The Morgan fingerprint density at radius 3 is 2.38 bits per heavy atom. The predicted molar refractivity (Wildman–Crippen MR) is 39.8 cm³/mol. The van der Waals surface area contributed by atoms with Crippen molar-refractivity contribution in [2.24, 2.45) is 0 Å². The van der Waals surface area contributed by atoms with Gasteiger partial charge in [-0.3, -0.25) is 0 Å². The highest BCUT2D eigenvalue weighted by Gasteiger charge is 1.98. The van der Waals surface area contributed by atoms with Gasteiger partial charge < -0.3 is 4.74 Å². The maximum absolute atomic E-state index is 10.4. The zero-order valence-electron chi connectivity index (χ0n) is 4.77. The zero-order valence-corrected chi connectivity index (χ0v) is 6.93. The monoisotopic (exact) mass is 226 g/mol. The van der Waals surface area contributed by atoms with Crippen LogP contribution in [-0.4, -0.2) is 13.1 Å². The van der Waals surface area contributed by atoms with Gasteiger partial charge in [0.1, 0.15) is 0 Å². The predicted octanol–water partition coefficient (Wildman–Crippen LogP) is 1.50. The second-order valence-electron chi connectivity index (χ2n) is 1.28. The number of hydrogen-bond acceptors (Lipinski definition) is 2. The minimum atomic E-state index is -0.264. The first-order valence-corrected chi connectivity index (χ1v) is 3.32. The Bertz CT molecular complexity index is 118. The molecule has 0 spiro atoms. The Morgan fingerprint density at radius 2 is 2.25 bits per heavy atom. The molecule has 0 aromatic carbocycles. The van der Waals surface area contributed by atoms with E-state index >= 15 is 0 Å². The first kappa shape index (κ1) is 7.94. The van der Waals surface area contributed by atoms with Gasteiger partial charge in [-0.1, -0.05) is 22.6 Å². The Balaban J connectivity index is 3.83. The summed E-state index contributed by atoms with van der Waals surface area (Å²) in [5, 5.41) is 0. The summed E-state index contributed by atoms with van der Waals surface area (Å²) in [5.41, 5.74) is 0.633. The molecule has 3 heteroatoms. The molecule has 0 N–H and O–H groups in total. The molecule has 0 heterocycles. The van der Waals surface area contributed by atoms with Crippen LogP contribution < -0.4 is 0 Å². The summed E-state index contributed by atoms with van der Waals surface area (Å²) in [6.45, 7) is 1.71. The lowest BCUT2D eigenvalue weighted by Crippen LogP contribution is -1.99. The van der Waals surface area contributed by atoms with Crippen LogP contribution in [0.1, 0.15) is 6.92 Å². The van der Waals surface area contributed by atoms with Gasteiger partial charge in [0.05, 0.1) is 7.11 Å². The molecule has 0 bridgehead atoms. The summed E-state index contributed by atoms with van der Waals surface area (Å²) in [7, 11) is 1.37. The summed E-state index contributed by atoms with van der Waals surface area (Å²) in [6.07, 6.45) is 0. The van der Waals surface area contributed by atoms with Crippen LogP contribution in [0.15, 0.2) is 9.66 Å². The van der Waals surface area contributed by atoms with Crippen molar-refractivity contribution >= 4 is 28.6 Å². The number of carbonyl (C=O) groups excluding carboxylic acids is 1. The largest absolute Gasteiger partial charge is 0.466 e. The highest BCUT2D eigenvalue weighted by molar-refractivity contribution is 14.1. The van der Waals surface area contributed by atoms with Crippen molar-refractivity contribution in [3.8, 4) is 0 Å². The molecule has 0 aromatic heterocycles. The fraction of sp³-hybridized carbons (Fsp3) is 0.400. The van der Waals surface area contributed by atoms with E-state index in [1.165, 1.54) is 7.11 Å². The lowest BCUT2D eigenvalue weighted by molar-refractivity contribution is -0.136. The number of halogens is 1. The molecule has 0 aliphatic rings. The van der Waals surface area contributed by atoms with Gasteiger partial charge >= 0.3 is 5.97 Å². The van der Waals surface area contributed by atoms with Gasteiger partial charge in [0.15, 0.2) is 0 Å². The topological polar surface area (TPSA) is 26.3 Å². The van der Waals surface area contributed by atoms with Crippen molar-refractivity contribution in [2.75, 3.05) is 7.11 Å². The molecule has 0 unspecified atom stereocenters. The fourth-order valence-electron chi connectivity index (χ4n) is 0.206. The van der Waals surface area contributed by atoms with Gasteiger partial charge in [-0.15, -0.1) is 0 Å². The smallest absolute Gasteiger partial charge is 0.333 e. The van der Waals surface area contributed by atoms with Crippen molar-refractivity contribution in [3.05, 3.63) is 9.66 Å². The maximum Gasteiger partial charge on any atom is 0.333 e. The zero-order chi connectivity index (χ0) is 6.57. The van der Waals surface area contributed by atoms with E-state index in [4.69, 9.17) is 0 Å². The number of methoxy groups -OCH3 is 1. The van der Waals surface area contributed by atoms with E-state index in [9.17, 15) is 4.79 Å². The van der Waals surface area contributed by atoms with Crippen LogP contribution in [0.5, 0.6) is 0 Å². The molecule has 0 atom stereocenters. The molecule has 0 saturated heterocycles. The van der Waals surface area contributed by atoms with E-state index in [1.807, 2.05) is 22.6 Å². The van der Waals surface area contributed by atoms with E-state index in [-0.39, 0.29) is 5.97 Å². The second-order valence-corrected chi connectivity index (χ2v) is 1.91. The maximum atomic E-state index is 10.4. The van der Waals surface area contributed by atoms with Crippen LogP contribution in [0.2, 0.25) is 0 Å². The van der Waals surface area contributed by atoms with Crippen molar-refractivity contribution < 1.29 is 9.53 Å². The summed E-state index contributed by atoms with van der Waals surface area (Å²) in [5.74, 6) is -0.264. The molecular weight excluding hydrogens is 219 g/mol. The first-order valence-electron chi connectivity index (χ1n) is 2.07. The molecule has 0 aliphatic carbocycles. The lowest BCUT2D eigenvalue weighted by atomic mass is 10.4. The van der Waals surface area contributed by atoms with Crippen LogP contribution in [0.3, 0.4) is 0 Å². The van der Waals surface area contributed by atoms with E-state index in [0.29, 0.717) is 5.57 Å². The summed E-state index contributed by atoms with van der Waals surface area (Å²) >= 11 is 1.99. The second kappa shape index (κ2) is 3.88. The van der Waals surface area contributed by atoms with Crippen LogP contribution in [-0.2, 0) is 9.53 Å². The number of rotatable bonds is 1. The molecule has 0 aromatic rings. The molecule has 0 amide bonds. The SMILES string of the molecule is COC(=O)C(C)=CI. The number of hydrogen-bond donors (Lipinski definition) is 0. The summed E-state index contributed by atoms with van der Waals surface area (Å²) in [6, 6.07) is 0. The number of carbonyl (C=O) groups is 1. The molecule has 46 valence electrons. The van der Waals surface area contributed by atoms with Gasteiger partial charge in [-0.2, -0.15) is 0 Å². The van der Waals surface area contributed by atoms with Gasteiger partial charge in [0, 0.05) is 5.57 Å². The molecule has 0 aliphatic heterocycles. The van der Waals surface area contributed by atoms with Crippen LogP contribution in [0.25, 0.3) is 0 Å². The van der Waals surface area contributed by atoms with Gasteiger partial charge in [-0.25, -0.2) is 4.79 Å². The van der Waals surface area contributed by atoms with E-state index in [1.54, 1.807) is 11.0 Å². The highest BCUT2D eigenvalue weighted by atomic mass is 127. The standard InChI is InChI=1S/C5H7IO2/c1-4(3-6)5(7)8-2/h3H,1-2H3. The average molecular weight is 226 g/mol. The van der Waals surface area contributed by atoms with Crippen molar-refractivity contribution in [3.63, 3.8) is 0 Å². The van der Waals surface area contributed by atoms with Gasteiger partial charge in [0.2, 0.25) is 0 Å². The minimum absolute atomic E-state index is 0.264. The van der Waals surface area contributed by atoms with Gasteiger partial charge in [0.25, 0.3) is 0 Å². The van der Waals surface area contributed by atoms with Crippen molar-refractivity contribution in [2.45, 2.75) is 6.92 Å². The van der Waals surface area contributed by atoms with E-state index in [2.05, 4.69) is 4.74 Å². The molecule has 8 heavy (non-hydrogen) atoms. The molecule has 0 fully saturated rings. The average Bonchev–Trinajstić information content (AvgIpc) is 1.84. The number of esters is 1. The Labute approximate surface area is 62.0 Å². The lowest BCUT2D eigenvalue weighted by Gasteiger charge is -1.93. The van der Waals surface area contributed by atoms with E-state index in [0.717, 1.165) is 0 Å². The van der Waals surface area contributed by atoms with Crippen LogP contribution >= 0.6 is 22.6 Å². The van der Waals surface area contributed by atoms with Gasteiger partial charge in [-0.05, 0) is 11.0 Å². The molecule has 0 saturated carbocycles. The third kappa shape index (κ3) is 2.30. The molecule has 0 radical (unpaired) electrons. The van der Waals surface area contributed by atoms with E-state index < -0.39 is 0 Å². The van der Waals surface area contributed by atoms with Crippen molar-refractivity contribution in [1.82, 2.24) is 0 Å². The molecule has 0 rings (SSSR count). The Hall–Kier alpha value is -0.0600. The Kier molecular flexibility index (Phi) is 3.85. The molecule has 2 nitrogen and oxygen atoms in total. The Morgan fingerprint density at radius 1 is 1.75 bits per heavy atom. The third-order valence-corrected chi connectivity index (χ3v) is 1.61. The fourth-order valence-corrected chi connectivity index (χ4v) is 0.460. The number of ether oxygens (including phenoxy) is 1. The summed E-state index contributed by atoms with van der Waals surface area (Å²) in [4.78, 5) is 10.4. The highest BCUT2D eigenvalue weighted by Crippen LogP contribution is 1.98. The first-order chi connectivity index (χ1) is 3.72. The molecular formula is C5H7IO2. The minimum Gasteiger partial charge on any atom is -0.466 e. The van der Waals surface area contributed by atoms with Crippen LogP contribution in [0, 0.1) is 0 Å². The van der Waals surface area contributed by atoms with Crippen molar-refractivity contribution in [1.29, 1.82) is 0 Å². The summed E-state index contributed by atoms with van der Waals surface area (Å²) < 4.78 is 6.07. The van der Waals surface area contributed by atoms with Crippen LogP contribution in [0.4, 0.5) is 0 Å². The quantitative estimate of drug-likeness (QED) is 0.384.